The highest BCUT2D eigenvalue weighted by Crippen LogP contribution is 2.32. The molecule has 0 unspecified atom stereocenters. The Labute approximate surface area is 150 Å². The average molecular weight is 389 g/mol. The maximum Gasteiger partial charge on any atom is 0.416 e. The molecule has 0 aliphatic rings. The van der Waals surface area contributed by atoms with Crippen molar-refractivity contribution in [1.82, 2.24) is 9.97 Å². The first-order chi connectivity index (χ1) is 12.0. The highest BCUT2D eigenvalue weighted by atomic mass is 32.2. The summed E-state index contributed by atoms with van der Waals surface area (Å²) in [4.78, 5) is 7.86. The minimum Gasteiger partial charge on any atom is -0.400 e. The molecule has 2 aromatic carbocycles. The number of fused-ring (bicyclic) bond motifs is 1. The second kappa shape index (κ2) is 8.48. The number of hydrogen-bond donors (Lipinski definition) is 4. The van der Waals surface area contributed by atoms with Crippen LogP contribution in [0.15, 0.2) is 52.5 Å². The monoisotopic (exact) mass is 389 g/mol. The molecule has 0 spiro atoms. The number of aromatic nitrogens is 2. The normalized spacial score (nSPS) is 11.1. The molecule has 1 heterocycles. The van der Waals surface area contributed by atoms with Gasteiger partial charge in [-0.05, 0) is 48.3 Å². The number of hydrogen-bond acceptors (Lipinski definition) is 6. The van der Waals surface area contributed by atoms with Crippen molar-refractivity contribution in [1.29, 1.82) is 0 Å². The number of rotatable bonds is 4. The zero-order chi connectivity index (χ0) is 18.4. The van der Waals surface area contributed by atoms with Crippen molar-refractivity contribution in [3.8, 4) is 0 Å². The summed E-state index contributed by atoms with van der Waals surface area (Å²) in [5.41, 5.74) is 1.10. The number of anilines is 1. The van der Waals surface area contributed by atoms with Crippen LogP contribution < -0.4 is 4.72 Å². The number of halogens is 3. The van der Waals surface area contributed by atoms with Crippen molar-refractivity contribution in [3.63, 3.8) is 0 Å². The Kier molecular flexibility index (Phi) is 6.59. The van der Waals surface area contributed by atoms with Gasteiger partial charge in [0, 0.05) is 17.7 Å². The predicted molar refractivity (Wildman–Crippen MR) is 93.6 cm³/mol. The molecule has 3 aromatic rings. The summed E-state index contributed by atoms with van der Waals surface area (Å²) in [6.07, 6.45) is -4.37. The third kappa shape index (κ3) is 5.05. The molecule has 3 rings (SSSR count). The number of alkyl halides is 3. The van der Waals surface area contributed by atoms with Gasteiger partial charge in [-0.2, -0.15) is 13.2 Å². The van der Waals surface area contributed by atoms with E-state index in [0.717, 1.165) is 29.7 Å². The molecule has 0 aliphatic heterocycles. The lowest BCUT2D eigenvalue weighted by atomic mass is 10.2. The van der Waals surface area contributed by atoms with E-state index < -0.39 is 11.7 Å². The molecule has 25 heavy (non-hydrogen) atoms. The summed E-state index contributed by atoms with van der Waals surface area (Å²) in [5.74, 6) is 0. The first-order valence-corrected chi connectivity index (χ1v) is 8.41. The Balaban J connectivity index is 0.00000109. The van der Waals surface area contributed by atoms with Gasteiger partial charge in [0.05, 0.1) is 28.6 Å². The number of nitrogens with one attached hydrogen (secondary N) is 2. The molecular formula is C15H14F3N3O2S2. The first-order valence-electron chi connectivity index (χ1n) is 6.82. The highest BCUT2D eigenvalue weighted by Gasteiger charge is 2.30. The Morgan fingerprint density at radius 3 is 2.56 bits per heavy atom. The van der Waals surface area contributed by atoms with Gasteiger partial charge in [0.15, 0.2) is 5.16 Å². The van der Waals surface area contributed by atoms with Gasteiger partial charge in [-0.3, -0.25) is 0 Å². The minimum absolute atomic E-state index is 0.362. The Bertz CT molecular complexity index is 840. The first kappa shape index (κ1) is 19.4. The van der Waals surface area contributed by atoms with Crippen molar-refractivity contribution in [2.24, 2.45) is 0 Å². The Morgan fingerprint density at radius 2 is 1.88 bits per heavy atom. The third-order valence-corrected chi connectivity index (χ3v) is 4.19. The predicted octanol–water partition coefficient (Wildman–Crippen LogP) is 4.87. The van der Waals surface area contributed by atoms with Crippen LogP contribution in [0.3, 0.4) is 0 Å². The molecule has 5 nitrogen and oxygen atoms in total. The van der Waals surface area contributed by atoms with Crippen LogP contribution in [0.25, 0.3) is 11.0 Å². The van der Waals surface area contributed by atoms with Crippen LogP contribution in [-0.4, -0.2) is 26.7 Å². The number of aliphatic hydroxyl groups is 1. The van der Waals surface area contributed by atoms with Crippen LogP contribution in [0.1, 0.15) is 5.56 Å². The van der Waals surface area contributed by atoms with Crippen LogP contribution in [0.4, 0.5) is 18.9 Å². The lowest BCUT2D eigenvalue weighted by molar-refractivity contribution is -0.137. The molecule has 0 saturated heterocycles. The summed E-state index contributed by atoms with van der Waals surface area (Å²) >= 11 is 1.71. The number of nitrogens with zero attached hydrogens (tertiary/aromatic N) is 1. The van der Waals surface area contributed by atoms with E-state index in [1.165, 1.54) is 18.0 Å². The number of aliphatic hydroxyl groups excluding tert-OH is 1. The molecule has 0 saturated carbocycles. The summed E-state index contributed by atoms with van der Waals surface area (Å²) in [6.45, 7) is 0. The van der Waals surface area contributed by atoms with Gasteiger partial charge in [0.2, 0.25) is 0 Å². The molecule has 0 atom stereocenters. The summed E-state index contributed by atoms with van der Waals surface area (Å²) in [6, 6.07) is 10.4. The largest absolute Gasteiger partial charge is 0.416 e. The van der Waals surface area contributed by atoms with Gasteiger partial charge in [0.1, 0.15) is 0 Å². The quantitative estimate of drug-likeness (QED) is 0.376. The van der Waals surface area contributed by atoms with E-state index in [-0.39, 0.29) is 0 Å². The molecule has 4 N–H and O–H groups in total. The number of H-pyrrole nitrogens is 1. The van der Waals surface area contributed by atoms with Crippen LogP contribution in [0, 0.1) is 0 Å². The second-order valence-electron chi connectivity index (χ2n) is 4.59. The number of imidazole rings is 1. The van der Waals surface area contributed by atoms with E-state index in [0.29, 0.717) is 28.4 Å². The van der Waals surface area contributed by atoms with E-state index in [2.05, 4.69) is 14.7 Å². The van der Waals surface area contributed by atoms with Crippen LogP contribution in [0.2, 0.25) is 0 Å². The van der Waals surface area contributed by atoms with Gasteiger partial charge in [-0.25, -0.2) is 4.98 Å². The number of benzene rings is 2. The molecule has 1 aromatic heterocycles. The average Bonchev–Trinajstić information content (AvgIpc) is 3.03. The van der Waals surface area contributed by atoms with Crippen LogP contribution >= 0.6 is 24.0 Å². The summed E-state index contributed by atoms with van der Waals surface area (Å²) in [7, 11) is 1.00. The Morgan fingerprint density at radius 1 is 1.12 bits per heavy atom. The highest BCUT2D eigenvalue weighted by molar-refractivity contribution is 8.00. The van der Waals surface area contributed by atoms with Crippen molar-refractivity contribution >= 4 is 40.7 Å². The molecule has 0 fully saturated rings. The van der Waals surface area contributed by atoms with Gasteiger partial charge in [-0.15, -0.1) is 0 Å². The van der Waals surface area contributed by atoms with Crippen molar-refractivity contribution in [3.05, 3.63) is 48.0 Å². The smallest absolute Gasteiger partial charge is 0.400 e. The Hall–Kier alpha value is -1.88. The fraction of sp³-hybridized carbons (Fsp3) is 0.133. The van der Waals surface area contributed by atoms with Crippen LogP contribution in [0.5, 0.6) is 0 Å². The van der Waals surface area contributed by atoms with E-state index in [9.17, 15) is 13.2 Å². The lowest BCUT2D eigenvalue weighted by Gasteiger charge is -2.10. The SMILES string of the molecule is CO.OSc1nc2ccc(SNc3cccc(C(F)(F)F)c3)cc2[nH]1. The molecule has 0 amide bonds. The van der Waals surface area contributed by atoms with Crippen molar-refractivity contribution in [2.75, 3.05) is 11.8 Å². The van der Waals surface area contributed by atoms with E-state index in [1.807, 2.05) is 0 Å². The third-order valence-electron chi connectivity index (χ3n) is 2.99. The second-order valence-corrected chi connectivity index (χ2v) is 6.04. The van der Waals surface area contributed by atoms with Gasteiger partial charge in [-0.1, -0.05) is 6.07 Å². The van der Waals surface area contributed by atoms with E-state index in [4.69, 9.17) is 9.66 Å². The molecule has 0 radical (unpaired) electrons. The van der Waals surface area contributed by atoms with Crippen molar-refractivity contribution < 1.29 is 22.8 Å². The molecule has 134 valence electrons. The van der Waals surface area contributed by atoms with E-state index >= 15 is 0 Å². The zero-order valence-electron chi connectivity index (χ0n) is 12.8. The summed E-state index contributed by atoms with van der Waals surface area (Å²) < 4.78 is 49.9. The fourth-order valence-electron chi connectivity index (χ4n) is 1.95. The molecule has 0 bridgehead atoms. The maximum atomic E-state index is 12.7. The molecule has 10 heteroatoms. The molecule has 0 aliphatic carbocycles. The standard InChI is InChI=1S/C14H10F3N3OS2.CH4O/c15-14(16,17)8-2-1-3-9(6-8)20-22-10-4-5-11-12(7-10)19-13(18-11)23-21;1-2/h1-7,20-21H,(H,18,19);2H,1H3. The summed E-state index contributed by atoms with van der Waals surface area (Å²) in [5, 5.41) is 7.38. The lowest BCUT2D eigenvalue weighted by Crippen LogP contribution is -2.04. The zero-order valence-corrected chi connectivity index (χ0v) is 14.5. The van der Waals surface area contributed by atoms with Crippen molar-refractivity contribution in [2.45, 2.75) is 16.2 Å². The molecular weight excluding hydrogens is 375 g/mol. The van der Waals surface area contributed by atoms with E-state index in [1.54, 1.807) is 24.3 Å². The van der Waals surface area contributed by atoms with Gasteiger partial charge >= 0.3 is 6.18 Å². The fourth-order valence-corrected chi connectivity index (χ4v) is 2.92. The van der Waals surface area contributed by atoms with Gasteiger partial charge in [0.25, 0.3) is 0 Å². The number of aromatic amines is 1. The topological polar surface area (TPSA) is 81.2 Å². The minimum atomic E-state index is -4.37. The van der Waals surface area contributed by atoms with Crippen LogP contribution in [-0.2, 0) is 6.18 Å². The van der Waals surface area contributed by atoms with Gasteiger partial charge < -0.3 is 19.4 Å². The maximum absolute atomic E-state index is 12.7.